The van der Waals surface area contributed by atoms with Crippen LogP contribution in [0.15, 0.2) is 162 Å². The molecule has 246 valence electrons. The van der Waals surface area contributed by atoms with Gasteiger partial charge in [-0.3, -0.25) is 14.1 Å². The van der Waals surface area contributed by atoms with Crippen molar-refractivity contribution in [2.45, 2.75) is 0 Å². The molecule has 0 radical (unpaired) electrons. The molecule has 0 saturated heterocycles. The van der Waals surface area contributed by atoms with Crippen molar-refractivity contribution in [1.29, 1.82) is 0 Å². The first-order chi connectivity index (χ1) is 26.3. The summed E-state index contributed by atoms with van der Waals surface area (Å²) in [4.78, 5) is 20.9. The van der Waals surface area contributed by atoms with Crippen LogP contribution < -0.4 is 0 Å². The summed E-state index contributed by atoms with van der Waals surface area (Å²) >= 11 is 0. The molecule has 0 spiro atoms. The first-order valence-corrected chi connectivity index (χ1v) is 17.6. The molecule has 0 aliphatic heterocycles. The summed E-state index contributed by atoms with van der Waals surface area (Å²) in [6, 6.07) is 52.2. The van der Waals surface area contributed by atoms with Crippen LogP contribution in [0, 0.1) is 0 Å². The molecule has 12 aromatic rings. The van der Waals surface area contributed by atoms with E-state index in [1.165, 1.54) is 0 Å². The zero-order chi connectivity index (χ0) is 34.6. The molecule has 0 aliphatic carbocycles. The number of para-hydroxylation sites is 7. The molecule has 7 heteroatoms. The third-order valence-electron chi connectivity index (χ3n) is 10.5. The number of hydrogen-bond acceptors (Lipinski definition) is 5. The van der Waals surface area contributed by atoms with Crippen LogP contribution in [0.4, 0.5) is 0 Å². The van der Waals surface area contributed by atoms with Crippen molar-refractivity contribution in [3.8, 4) is 22.9 Å². The minimum Gasteiger partial charge on any atom is -0.456 e. The van der Waals surface area contributed by atoms with Crippen LogP contribution in [0.25, 0.3) is 111 Å². The minimum absolute atomic E-state index is 0.746. The topological polar surface area (TPSA) is 74.6 Å². The van der Waals surface area contributed by atoms with E-state index in [0.717, 1.165) is 111 Å². The third kappa shape index (κ3) is 3.98. The van der Waals surface area contributed by atoms with Crippen LogP contribution in [0.2, 0.25) is 0 Å². The molecule has 0 bridgehead atoms. The second-order valence-corrected chi connectivity index (χ2v) is 13.5. The Bertz CT molecular complexity index is 3480. The average Bonchev–Trinajstić information content (AvgIpc) is 3.87. The predicted molar refractivity (Wildman–Crippen MR) is 214 cm³/mol. The van der Waals surface area contributed by atoms with Crippen molar-refractivity contribution in [3.63, 3.8) is 0 Å². The number of hydrogen-bond donors (Lipinski definition) is 0. The highest BCUT2D eigenvalue weighted by molar-refractivity contribution is 6.24. The maximum absolute atomic E-state index is 6.24. The molecule has 5 aromatic heterocycles. The Morgan fingerprint density at radius 1 is 0.415 bits per heavy atom. The molecule has 0 saturated carbocycles. The summed E-state index contributed by atoms with van der Waals surface area (Å²) < 4.78 is 10.8. The SMILES string of the molecule is c1ccc2nc(-n3c4ccccc4c4ccc5c6ccccc6n(-c6nc7ccccc7nc6-c6ccc7oc8ccccc8c7c6)c5c43)cnc2c1. The van der Waals surface area contributed by atoms with Gasteiger partial charge in [-0.25, -0.2) is 15.0 Å². The van der Waals surface area contributed by atoms with Gasteiger partial charge in [0, 0.05) is 37.9 Å². The van der Waals surface area contributed by atoms with Crippen molar-refractivity contribution in [2.75, 3.05) is 0 Å². The molecule has 0 aliphatic rings. The minimum atomic E-state index is 0.746. The molecule has 0 N–H and O–H groups in total. The molecule has 7 aromatic carbocycles. The van der Waals surface area contributed by atoms with Crippen LogP contribution in [0.3, 0.4) is 0 Å². The smallest absolute Gasteiger partial charge is 0.165 e. The second kappa shape index (κ2) is 10.6. The van der Waals surface area contributed by atoms with Gasteiger partial charge >= 0.3 is 0 Å². The Hall–Kier alpha value is -7.38. The molecular formula is C46H26N6O. The Kier molecular flexibility index (Phi) is 5.65. The van der Waals surface area contributed by atoms with Gasteiger partial charge in [0.25, 0.3) is 0 Å². The lowest BCUT2D eigenvalue weighted by atomic mass is 10.1. The predicted octanol–water partition coefficient (Wildman–Crippen LogP) is 11.3. The highest BCUT2D eigenvalue weighted by atomic mass is 16.3. The van der Waals surface area contributed by atoms with Gasteiger partial charge in [0.2, 0.25) is 0 Å². The van der Waals surface area contributed by atoms with Gasteiger partial charge in [0.05, 0.1) is 50.3 Å². The van der Waals surface area contributed by atoms with Crippen molar-refractivity contribution in [3.05, 3.63) is 158 Å². The Morgan fingerprint density at radius 2 is 0.981 bits per heavy atom. The molecule has 0 unspecified atom stereocenters. The Balaban J connectivity index is 1.26. The van der Waals surface area contributed by atoms with E-state index in [9.17, 15) is 0 Å². The summed E-state index contributed by atoms with van der Waals surface area (Å²) in [7, 11) is 0. The van der Waals surface area contributed by atoms with Gasteiger partial charge in [0.1, 0.15) is 16.9 Å². The van der Waals surface area contributed by atoms with Gasteiger partial charge in [0.15, 0.2) is 11.6 Å². The summed E-state index contributed by atoms with van der Waals surface area (Å²) in [6.45, 7) is 0. The highest BCUT2D eigenvalue weighted by Gasteiger charge is 2.25. The van der Waals surface area contributed by atoms with Gasteiger partial charge in [-0.2, -0.15) is 0 Å². The van der Waals surface area contributed by atoms with E-state index in [2.05, 4.69) is 88.0 Å². The van der Waals surface area contributed by atoms with E-state index in [1.54, 1.807) is 0 Å². The standard InChI is InChI=1S/C46H26N6O/c1-8-18-38-28(11-1)31-22-23-32-29-12-2-9-19-39(29)52(45(32)44(31)51(38)42-26-47-34-14-4-5-15-35(34)48-42)46-43(49-36-16-6-7-17-37(36)50-46)27-21-24-41-33(25-27)30-13-3-10-20-40(30)53-41/h1-26H. The van der Waals surface area contributed by atoms with Crippen molar-refractivity contribution < 1.29 is 4.42 Å². The number of rotatable bonds is 3. The van der Waals surface area contributed by atoms with Crippen LogP contribution >= 0.6 is 0 Å². The lowest BCUT2D eigenvalue weighted by Gasteiger charge is -2.15. The zero-order valence-electron chi connectivity index (χ0n) is 28.1. The van der Waals surface area contributed by atoms with E-state index in [0.29, 0.717) is 0 Å². The fourth-order valence-corrected chi connectivity index (χ4v) is 8.23. The van der Waals surface area contributed by atoms with Crippen molar-refractivity contribution in [1.82, 2.24) is 29.1 Å². The fourth-order valence-electron chi connectivity index (χ4n) is 8.23. The average molecular weight is 679 g/mol. The third-order valence-corrected chi connectivity index (χ3v) is 10.5. The quantitative estimate of drug-likeness (QED) is 0.186. The molecule has 12 rings (SSSR count). The number of benzene rings is 7. The highest BCUT2D eigenvalue weighted by Crippen LogP contribution is 2.43. The molecule has 5 heterocycles. The number of furan rings is 1. The van der Waals surface area contributed by atoms with Crippen LogP contribution in [-0.2, 0) is 0 Å². The van der Waals surface area contributed by atoms with Crippen LogP contribution in [-0.4, -0.2) is 29.1 Å². The van der Waals surface area contributed by atoms with Gasteiger partial charge < -0.3 is 4.42 Å². The van der Waals surface area contributed by atoms with Crippen molar-refractivity contribution >= 4 is 87.6 Å². The monoisotopic (exact) mass is 678 g/mol. The van der Waals surface area contributed by atoms with Gasteiger partial charge in [-0.1, -0.05) is 91.0 Å². The summed E-state index contributed by atoms with van der Waals surface area (Å²) in [6.07, 6.45) is 1.88. The Labute approximate surface area is 301 Å². The van der Waals surface area contributed by atoms with Gasteiger partial charge in [-0.05, 0) is 60.7 Å². The van der Waals surface area contributed by atoms with Crippen molar-refractivity contribution in [2.24, 2.45) is 0 Å². The largest absolute Gasteiger partial charge is 0.456 e. The first-order valence-electron chi connectivity index (χ1n) is 17.6. The summed E-state index contributed by atoms with van der Waals surface area (Å²) in [5, 5.41) is 6.61. The van der Waals surface area contributed by atoms with E-state index in [1.807, 2.05) is 79.0 Å². The second-order valence-electron chi connectivity index (χ2n) is 13.5. The maximum atomic E-state index is 6.24. The first kappa shape index (κ1) is 28.3. The van der Waals surface area contributed by atoms with Crippen LogP contribution in [0.1, 0.15) is 0 Å². The summed E-state index contributed by atoms with van der Waals surface area (Å²) in [5.41, 5.74) is 10.9. The van der Waals surface area contributed by atoms with Crippen LogP contribution in [0.5, 0.6) is 0 Å². The fraction of sp³-hybridized carbons (Fsp3) is 0. The molecule has 0 atom stereocenters. The van der Waals surface area contributed by atoms with Gasteiger partial charge in [-0.15, -0.1) is 0 Å². The lowest BCUT2D eigenvalue weighted by molar-refractivity contribution is 0.669. The number of fused-ring (bicyclic) bond motifs is 12. The van der Waals surface area contributed by atoms with E-state index < -0.39 is 0 Å². The maximum Gasteiger partial charge on any atom is 0.165 e. The number of nitrogens with zero attached hydrogens (tertiary/aromatic N) is 6. The molecule has 53 heavy (non-hydrogen) atoms. The lowest BCUT2D eigenvalue weighted by Crippen LogP contribution is -2.05. The molecule has 7 nitrogen and oxygen atoms in total. The molecule has 0 fully saturated rings. The zero-order valence-corrected chi connectivity index (χ0v) is 28.1. The van der Waals surface area contributed by atoms with E-state index in [4.69, 9.17) is 24.4 Å². The number of aromatic nitrogens is 6. The molecular weight excluding hydrogens is 653 g/mol. The van der Waals surface area contributed by atoms with E-state index >= 15 is 0 Å². The normalized spacial score (nSPS) is 12.2. The summed E-state index contributed by atoms with van der Waals surface area (Å²) in [5.74, 6) is 1.50. The molecule has 0 amide bonds. The van der Waals surface area contributed by atoms with E-state index in [-0.39, 0.29) is 0 Å². The Morgan fingerprint density at radius 3 is 1.74 bits per heavy atom.